The van der Waals surface area contributed by atoms with Crippen LogP contribution < -0.4 is 4.74 Å². The number of nitro groups is 1. The number of ketones is 1. The van der Waals surface area contributed by atoms with Crippen LogP contribution in [0, 0.1) is 10.1 Å². The number of nitro benzene ring substituents is 1. The van der Waals surface area contributed by atoms with E-state index in [9.17, 15) is 19.7 Å². The van der Waals surface area contributed by atoms with Crippen molar-refractivity contribution in [1.82, 2.24) is 0 Å². The number of nitrogens with zero attached hydrogens (tertiary/aromatic N) is 1. The number of carbonyl (C=O) groups excluding carboxylic acids is 2. The van der Waals surface area contributed by atoms with Gasteiger partial charge in [-0.1, -0.05) is 6.07 Å². The number of hydrogen-bond acceptors (Lipinski definition) is 6. The highest BCUT2D eigenvalue weighted by Gasteiger charge is 2.24. The van der Waals surface area contributed by atoms with Gasteiger partial charge in [0.05, 0.1) is 30.6 Å². The molecule has 7 nitrogen and oxygen atoms in total. The van der Waals surface area contributed by atoms with Gasteiger partial charge in [-0.15, -0.1) is 0 Å². The summed E-state index contributed by atoms with van der Waals surface area (Å²) < 4.78 is 9.52. The summed E-state index contributed by atoms with van der Waals surface area (Å²) in [6, 6.07) is 4.17. The van der Waals surface area contributed by atoms with Crippen molar-refractivity contribution in [2.45, 2.75) is 13.3 Å². The molecule has 0 unspecified atom stereocenters. The third kappa shape index (κ3) is 3.51. The third-order valence-corrected chi connectivity index (χ3v) is 2.37. The van der Waals surface area contributed by atoms with E-state index in [0.717, 1.165) is 0 Å². The smallest absolute Gasteiger partial charge is 0.374 e. The standard InChI is InChI=1S/C12H13NO6/c1-3-19-12(15)10(14)7-8-9(13(16)17)5-4-6-11(8)18-2/h4-6H,3,7H2,1-2H3. The van der Waals surface area contributed by atoms with E-state index in [1.54, 1.807) is 6.92 Å². The Kier molecular flexibility index (Phi) is 4.99. The molecule has 1 aromatic carbocycles. The predicted octanol–water partition coefficient (Wildman–Crippen LogP) is 1.28. The van der Waals surface area contributed by atoms with Crippen molar-refractivity contribution in [3.63, 3.8) is 0 Å². The van der Waals surface area contributed by atoms with Gasteiger partial charge in [-0.3, -0.25) is 14.9 Å². The van der Waals surface area contributed by atoms with E-state index in [4.69, 9.17) is 4.74 Å². The first-order chi connectivity index (χ1) is 9.01. The van der Waals surface area contributed by atoms with Gasteiger partial charge in [-0.05, 0) is 13.0 Å². The Labute approximate surface area is 109 Å². The molecule has 0 atom stereocenters. The minimum absolute atomic E-state index is 0.0630. The maximum Gasteiger partial charge on any atom is 0.374 e. The molecular formula is C12H13NO6. The first-order valence-corrected chi connectivity index (χ1v) is 5.51. The summed E-state index contributed by atoms with van der Waals surface area (Å²) in [5.41, 5.74) is -0.204. The van der Waals surface area contributed by atoms with Crippen molar-refractivity contribution in [2.75, 3.05) is 13.7 Å². The molecule has 19 heavy (non-hydrogen) atoms. The average molecular weight is 267 g/mol. The molecule has 1 rings (SSSR count). The fraction of sp³-hybridized carbons (Fsp3) is 0.333. The fourth-order valence-electron chi connectivity index (χ4n) is 1.54. The zero-order valence-corrected chi connectivity index (χ0v) is 10.5. The van der Waals surface area contributed by atoms with E-state index in [-0.39, 0.29) is 23.6 Å². The number of esters is 1. The van der Waals surface area contributed by atoms with E-state index in [1.807, 2.05) is 0 Å². The molecule has 0 spiro atoms. The van der Waals surface area contributed by atoms with Gasteiger partial charge in [-0.25, -0.2) is 4.79 Å². The lowest BCUT2D eigenvalue weighted by atomic mass is 10.1. The highest BCUT2D eigenvalue weighted by Crippen LogP contribution is 2.28. The summed E-state index contributed by atoms with van der Waals surface area (Å²) in [5, 5.41) is 10.9. The summed E-state index contributed by atoms with van der Waals surface area (Å²) in [4.78, 5) is 33.1. The molecule has 0 N–H and O–H groups in total. The zero-order valence-electron chi connectivity index (χ0n) is 10.5. The number of rotatable bonds is 6. The second kappa shape index (κ2) is 6.48. The van der Waals surface area contributed by atoms with Crippen LogP contribution in [0.5, 0.6) is 5.75 Å². The molecule has 0 aromatic heterocycles. The lowest BCUT2D eigenvalue weighted by molar-refractivity contribution is -0.385. The molecule has 0 aliphatic carbocycles. The van der Waals surface area contributed by atoms with Gasteiger partial charge in [0.2, 0.25) is 5.78 Å². The highest BCUT2D eigenvalue weighted by molar-refractivity contribution is 6.34. The maximum absolute atomic E-state index is 11.6. The Balaban J connectivity index is 3.08. The van der Waals surface area contributed by atoms with Crippen LogP contribution in [0.2, 0.25) is 0 Å². The quantitative estimate of drug-likeness (QED) is 0.333. The molecule has 102 valence electrons. The van der Waals surface area contributed by atoms with Gasteiger partial charge < -0.3 is 9.47 Å². The number of carbonyl (C=O) groups is 2. The molecule has 0 amide bonds. The monoisotopic (exact) mass is 267 g/mol. The second-order valence-electron chi connectivity index (χ2n) is 3.54. The number of methoxy groups -OCH3 is 1. The second-order valence-corrected chi connectivity index (χ2v) is 3.54. The largest absolute Gasteiger partial charge is 0.496 e. The third-order valence-electron chi connectivity index (χ3n) is 2.37. The minimum Gasteiger partial charge on any atom is -0.496 e. The predicted molar refractivity (Wildman–Crippen MR) is 65.0 cm³/mol. The van der Waals surface area contributed by atoms with Crippen molar-refractivity contribution in [3.8, 4) is 5.75 Å². The number of Topliss-reactive ketones (excluding diaryl/α,β-unsaturated/α-hetero) is 1. The van der Waals surface area contributed by atoms with Crippen molar-refractivity contribution < 1.29 is 24.0 Å². The summed E-state index contributed by atoms with van der Waals surface area (Å²) in [6.45, 7) is 1.63. The van der Waals surface area contributed by atoms with Gasteiger partial charge in [-0.2, -0.15) is 0 Å². The van der Waals surface area contributed by atoms with Crippen molar-refractivity contribution in [3.05, 3.63) is 33.9 Å². The first kappa shape index (κ1) is 14.6. The molecule has 0 aliphatic rings. The summed E-state index contributed by atoms with van der Waals surface area (Å²) >= 11 is 0. The van der Waals surface area contributed by atoms with Gasteiger partial charge in [0, 0.05) is 6.07 Å². The molecule has 7 heteroatoms. The molecule has 0 heterocycles. The lowest BCUT2D eigenvalue weighted by Crippen LogP contribution is -2.20. The van der Waals surface area contributed by atoms with Crippen LogP contribution in [0.3, 0.4) is 0 Å². The SMILES string of the molecule is CCOC(=O)C(=O)Cc1c(OC)cccc1[N+](=O)[O-]. The van der Waals surface area contributed by atoms with E-state index in [0.29, 0.717) is 0 Å². The van der Waals surface area contributed by atoms with E-state index >= 15 is 0 Å². The van der Waals surface area contributed by atoms with E-state index in [1.165, 1.54) is 25.3 Å². The normalized spacial score (nSPS) is 9.79. The number of ether oxygens (including phenoxy) is 2. The van der Waals surface area contributed by atoms with E-state index in [2.05, 4.69) is 4.74 Å². The van der Waals surface area contributed by atoms with Crippen molar-refractivity contribution in [2.24, 2.45) is 0 Å². The van der Waals surface area contributed by atoms with Crippen LogP contribution in [0.1, 0.15) is 12.5 Å². The van der Waals surface area contributed by atoms with Crippen LogP contribution in [-0.4, -0.2) is 30.4 Å². The Morgan fingerprint density at radius 2 is 2.05 bits per heavy atom. The highest BCUT2D eigenvalue weighted by atomic mass is 16.6. The molecule has 0 saturated carbocycles. The summed E-state index contributed by atoms with van der Waals surface area (Å²) in [6.07, 6.45) is -0.431. The topological polar surface area (TPSA) is 95.7 Å². The average Bonchev–Trinajstić information content (AvgIpc) is 2.38. The van der Waals surface area contributed by atoms with Crippen molar-refractivity contribution >= 4 is 17.4 Å². The van der Waals surface area contributed by atoms with Gasteiger partial charge in [0.25, 0.3) is 5.69 Å². The molecule has 0 saturated heterocycles. The van der Waals surface area contributed by atoms with Crippen molar-refractivity contribution in [1.29, 1.82) is 0 Å². The zero-order chi connectivity index (χ0) is 14.4. The molecule has 0 bridgehead atoms. The molecule has 0 radical (unpaired) electrons. The Morgan fingerprint density at radius 1 is 1.37 bits per heavy atom. The number of benzene rings is 1. The lowest BCUT2D eigenvalue weighted by Gasteiger charge is -2.08. The number of hydrogen-bond donors (Lipinski definition) is 0. The van der Waals surface area contributed by atoms with Crippen LogP contribution in [0.15, 0.2) is 18.2 Å². The summed E-state index contributed by atoms with van der Waals surface area (Å²) in [5.74, 6) is -1.68. The Hall–Kier alpha value is -2.44. The molecule has 1 aromatic rings. The molecular weight excluding hydrogens is 254 g/mol. The van der Waals surface area contributed by atoms with E-state index < -0.39 is 23.1 Å². The molecule has 0 aliphatic heterocycles. The van der Waals surface area contributed by atoms with Crippen LogP contribution in [0.25, 0.3) is 0 Å². The van der Waals surface area contributed by atoms with Crippen LogP contribution in [0.4, 0.5) is 5.69 Å². The van der Waals surface area contributed by atoms with Gasteiger partial charge >= 0.3 is 5.97 Å². The molecule has 0 fully saturated rings. The Morgan fingerprint density at radius 3 is 2.58 bits per heavy atom. The van der Waals surface area contributed by atoms with Crippen LogP contribution >= 0.6 is 0 Å². The van der Waals surface area contributed by atoms with Gasteiger partial charge in [0.1, 0.15) is 5.75 Å². The van der Waals surface area contributed by atoms with Gasteiger partial charge in [0.15, 0.2) is 0 Å². The maximum atomic E-state index is 11.6. The Bertz CT molecular complexity index is 511. The minimum atomic E-state index is -1.01. The van der Waals surface area contributed by atoms with Crippen LogP contribution in [-0.2, 0) is 20.7 Å². The first-order valence-electron chi connectivity index (χ1n) is 5.51. The fourth-order valence-corrected chi connectivity index (χ4v) is 1.54. The summed E-state index contributed by atoms with van der Waals surface area (Å²) in [7, 11) is 1.33.